The van der Waals surface area contributed by atoms with Crippen LogP contribution < -0.4 is 11.3 Å². The molecule has 4 heteroatoms. The molecule has 94 valence electrons. The summed E-state index contributed by atoms with van der Waals surface area (Å²) in [6.45, 7) is 2.52. The van der Waals surface area contributed by atoms with E-state index in [0.717, 1.165) is 24.2 Å². The van der Waals surface area contributed by atoms with Crippen molar-refractivity contribution in [3.63, 3.8) is 0 Å². The van der Waals surface area contributed by atoms with Crippen molar-refractivity contribution >= 4 is 5.69 Å². The van der Waals surface area contributed by atoms with Crippen LogP contribution in [0.15, 0.2) is 41.2 Å². The number of nitrogens with zero attached hydrogens (tertiary/aromatic N) is 2. The van der Waals surface area contributed by atoms with Crippen LogP contribution in [0.5, 0.6) is 0 Å². The van der Waals surface area contributed by atoms with E-state index in [1.807, 2.05) is 31.2 Å². The lowest BCUT2D eigenvalue weighted by molar-refractivity contribution is 0.542. The van der Waals surface area contributed by atoms with Gasteiger partial charge < -0.3 is 5.73 Å². The van der Waals surface area contributed by atoms with E-state index in [4.69, 9.17) is 5.73 Å². The van der Waals surface area contributed by atoms with Gasteiger partial charge in [-0.3, -0.25) is 4.79 Å². The molecule has 1 heterocycles. The highest BCUT2D eigenvalue weighted by Gasteiger charge is 1.99. The van der Waals surface area contributed by atoms with Crippen LogP contribution >= 0.6 is 0 Å². The molecular formula is C14H17N3O. The second kappa shape index (κ2) is 5.49. The molecular weight excluding hydrogens is 226 g/mol. The number of nitrogen functional groups attached to an aromatic ring is 1. The fraction of sp³-hybridized carbons (Fsp3) is 0.286. The fourth-order valence-electron chi connectivity index (χ4n) is 1.89. The fourth-order valence-corrected chi connectivity index (χ4v) is 1.89. The van der Waals surface area contributed by atoms with E-state index in [9.17, 15) is 4.79 Å². The summed E-state index contributed by atoms with van der Waals surface area (Å²) < 4.78 is 1.52. The minimum Gasteiger partial charge on any atom is -0.399 e. The Morgan fingerprint density at radius 3 is 2.89 bits per heavy atom. The van der Waals surface area contributed by atoms with E-state index >= 15 is 0 Å². The van der Waals surface area contributed by atoms with Gasteiger partial charge in [0.1, 0.15) is 0 Å². The van der Waals surface area contributed by atoms with Crippen LogP contribution in [0.2, 0.25) is 0 Å². The molecule has 0 aliphatic heterocycles. The molecule has 0 bridgehead atoms. The number of anilines is 1. The van der Waals surface area contributed by atoms with Gasteiger partial charge >= 0.3 is 0 Å². The van der Waals surface area contributed by atoms with Gasteiger partial charge in [0.05, 0.1) is 5.69 Å². The molecule has 0 aliphatic carbocycles. The molecule has 0 atom stereocenters. The quantitative estimate of drug-likeness (QED) is 0.832. The molecule has 18 heavy (non-hydrogen) atoms. The topological polar surface area (TPSA) is 60.9 Å². The Labute approximate surface area is 106 Å². The van der Waals surface area contributed by atoms with Crippen molar-refractivity contribution in [3.05, 3.63) is 58.0 Å². The van der Waals surface area contributed by atoms with Crippen LogP contribution in [0.1, 0.15) is 17.7 Å². The molecule has 0 radical (unpaired) electrons. The second-order valence-electron chi connectivity index (χ2n) is 4.38. The minimum absolute atomic E-state index is 0.0480. The smallest absolute Gasteiger partial charge is 0.266 e. The maximum Gasteiger partial charge on any atom is 0.266 e. The second-order valence-corrected chi connectivity index (χ2v) is 4.38. The Hall–Kier alpha value is -2.10. The Balaban J connectivity index is 1.96. The van der Waals surface area contributed by atoms with Crippen LogP contribution in [0.25, 0.3) is 0 Å². The predicted octanol–water partition coefficient (Wildman–Crippen LogP) is 1.77. The van der Waals surface area contributed by atoms with Crippen LogP contribution in [0.4, 0.5) is 5.69 Å². The van der Waals surface area contributed by atoms with E-state index in [2.05, 4.69) is 5.10 Å². The third kappa shape index (κ3) is 3.20. The largest absolute Gasteiger partial charge is 0.399 e. The zero-order chi connectivity index (χ0) is 13.0. The molecule has 2 rings (SSSR count). The van der Waals surface area contributed by atoms with Crippen molar-refractivity contribution in [2.75, 3.05) is 5.73 Å². The summed E-state index contributed by atoms with van der Waals surface area (Å²) in [4.78, 5) is 11.5. The first kappa shape index (κ1) is 12.4. The number of nitrogens with two attached hydrogens (primary N) is 1. The summed E-state index contributed by atoms with van der Waals surface area (Å²) in [5.74, 6) is 0. The maximum atomic E-state index is 11.5. The van der Waals surface area contributed by atoms with E-state index in [1.165, 1.54) is 10.2 Å². The third-order valence-corrected chi connectivity index (χ3v) is 2.79. The average molecular weight is 243 g/mol. The molecule has 2 N–H and O–H groups in total. The maximum absolute atomic E-state index is 11.5. The zero-order valence-corrected chi connectivity index (χ0v) is 10.5. The van der Waals surface area contributed by atoms with Crippen molar-refractivity contribution in [1.82, 2.24) is 9.78 Å². The highest BCUT2D eigenvalue weighted by atomic mass is 16.1. The molecule has 0 saturated heterocycles. The van der Waals surface area contributed by atoms with Crippen LogP contribution in [-0.4, -0.2) is 9.78 Å². The highest BCUT2D eigenvalue weighted by molar-refractivity contribution is 5.40. The molecule has 0 amide bonds. The standard InChI is InChI=1S/C14H17N3O/c1-11-7-8-14(18)17(16-11)9-3-5-12-4-2-6-13(15)10-12/h2,4,6-8,10H,3,5,9,15H2,1H3. The van der Waals surface area contributed by atoms with Gasteiger partial charge in [0, 0.05) is 18.3 Å². The van der Waals surface area contributed by atoms with Gasteiger partial charge in [-0.05, 0) is 43.5 Å². The molecule has 0 fully saturated rings. The lowest BCUT2D eigenvalue weighted by Crippen LogP contribution is -2.22. The molecule has 0 saturated carbocycles. The van der Waals surface area contributed by atoms with E-state index in [0.29, 0.717) is 6.54 Å². The number of hydrogen-bond acceptors (Lipinski definition) is 3. The normalized spacial score (nSPS) is 10.5. The molecule has 4 nitrogen and oxygen atoms in total. The van der Waals surface area contributed by atoms with Gasteiger partial charge in [0.2, 0.25) is 0 Å². The summed E-state index contributed by atoms with van der Waals surface area (Å²) >= 11 is 0. The summed E-state index contributed by atoms with van der Waals surface area (Å²) in [5, 5.41) is 4.20. The Bertz CT molecular complexity index is 590. The number of hydrogen-bond donors (Lipinski definition) is 1. The number of aryl methyl sites for hydroxylation is 3. The predicted molar refractivity (Wildman–Crippen MR) is 72.4 cm³/mol. The first-order chi connectivity index (χ1) is 8.65. The molecule has 2 aromatic rings. The highest BCUT2D eigenvalue weighted by Crippen LogP contribution is 2.08. The summed E-state index contributed by atoms with van der Waals surface area (Å²) in [5.41, 5.74) is 8.50. The van der Waals surface area contributed by atoms with E-state index < -0.39 is 0 Å². The number of benzene rings is 1. The minimum atomic E-state index is -0.0480. The molecule has 1 aromatic carbocycles. The van der Waals surface area contributed by atoms with Gasteiger partial charge in [-0.1, -0.05) is 12.1 Å². The van der Waals surface area contributed by atoms with E-state index in [-0.39, 0.29) is 5.56 Å². The molecule has 0 spiro atoms. The van der Waals surface area contributed by atoms with Crippen molar-refractivity contribution in [2.45, 2.75) is 26.3 Å². The number of aromatic nitrogens is 2. The monoisotopic (exact) mass is 243 g/mol. The Morgan fingerprint density at radius 1 is 1.28 bits per heavy atom. The van der Waals surface area contributed by atoms with Crippen molar-refractivity contribution < 1.29 is 0 Å². The lowest BCUT2D eigenvalue weighted by Gasteiger charge is -2.05. The van der Waals surface area contributed by atoms with E-state index in [1.54, 1.807) is 12.1 Å². The zero-order valence-electron chi connectivity index (χ0n) is 10.5. The van der Waals surface area contributed by atoms with Crippen molar-refractivity contribution in [1.29, 1.82) is 0 Å². The van der Waals surface area contributed by atoms with Gasteiger partial charge in [-0.25, -0.2) is 4.68 Å². The summed E-state index contributed by atoms with van der Waals surface area (Å²) in [6, 6.07) is 11.1. The molecule has 0 aliphatic rings. The van der Waals surface area contributed by atoms with Gasteiger partial charge in [0.25, 0.3) is 5.56 Å². The Kier molecular flexibility index (Phi) is 3.77. The first-order valence-electron chi connectivity index (χ1n) is 6.04. The van der Waals surface area contributed by atoms with Crippen LogP contribution in [0.3, 0.4) is 0 Å². The van der Waals surface area contributed by atoms with Gasteiger partial charge in [0.15, 0.2) is 0 Å². The summed E-state index contributed by atoms with van der Waals surface area (Å²) in [7, 11) is 0. The average Bonchev–Trinajstić information content (AvgIpc) is 2.34. The lowest BCUT2D eigenvalue weighted by atomic mass is 10.1. The van der Waals surface area contributed by atoms with Crippen LogP contribution in [0, 0.1) is 6.92 Å². The van der Waals surface area contributed by atoms with Crippen LogP contribution in [-0.2, 0) is 13.0 Å². The Morgan fingerprint density at radius 2 is 2.11 bits per heavy atom. The first-order valence-corrected chi connectivity index (χ1v) is 6.04. The molecule has 0 unspecified atom stereocenters. The molecule has 1 aromatic heterocycles. The number of rotatable bonds is 4. The third-order valence-electron chi connectivity index (χ3n) is 2.79. The van der Waals surface area contributed by atoms with Crippen molar-refractivity contribution in [3.8, 4) is 0 Å². The van der Waals surface area contributed by atoms with Gasteiger partial charge in [-0.15, -0.1) is 0 Å². The summed E-state index contributed by atoms with van der Waals surface area (Å²) in [6.07, 6.45) is 1.77. The van der Waals surface area contributed by atoms with Gasteiger partial charge in [-0.2, -0.15) is 5.10 Å². The SMILES string of the molecule is Cc1ccc(=O)n(CCCc2cccc(N)c2)n1. The van der Waals surface area contributed by atoms with Crippen molar-refractivity contribution in [2.24, 2.45) is 0 Å².